The summed E-state index contributed by atoms with van der Waals surface area (Å²) in [4.78, 5) is 12.9. The average Bonchev–Trinajstić information content (AvgIpc) is 3.17. The lowest BCUT2D eigenvalue weighted by Gasteiger charge is -2.10. The molecule has 1 aromatic carbocycles. The smallest absolute Gasteiger partial charge is 0.216 e. The average molecular weight is 512 g/mol. The third-order valence-corrected chi connectivity index (χ3v) is 4.05. The van der Waals surface area contributed by atoms with E-state index in [0.29, 0.717) is 17.6 Å². The molecule has 0 aliphatic rings. The zero-order valence-corrected chi connectivity index (χ0v) is 18.6. The number of benzene rings is 1. The second-order valence-electron chi connectivity index (χ2n) is 5.85. The number of pyridine rings is 1. The van der Waals surface area contributed by atoms with Crippen LogP contribution < -0.4 is 10.6 Å². The second-order valence-corrected chi connectivity index (χ2v) is 6.23. The van der Waals surface area contributed by atoms with E-state index in [1.807, 2.05) is 43.3 Å². The third kappa shape index (κ3) is 6.79. The maximum Gasteiger partial charge on any atom is 0.216 e. The van der Waals surface area contributed by atoms with Gasteiger partial charge in [-0.05, 0) is 25.0 Å². The monoisotopic (exact) mass is 511 g/mol. The molecule has 0 aliphatic carbocycles. The SMILES string of the molecule is CCNC(=NCc1ncc(-c2ccccc2)o1)NCCc1ccc(Cl)nc1.I. The van der Waals surface area contributed by atoms with Crippen molar-refractivity contribution in [2.45, 2.75) is 19.9 Å². The Kier molecular flexibility index (Phi) is 9.22. The van der Waals surface area contributed by atoms with E-state index >= 15 is 0 Å². The largest absolute Gasteiger partial charge is 0.439 e. The molecule has 0 aliphatic heterocycles. The van der Waals surface area contributed by atoms with Crippen LogP contribution in [0.1, 0.15) is 18.4 Å². The normalized spacial score (nSPS) is 11.0. The van der Waals surface area contributed by atoms with Crippen LogP contribution in [0.5, 0.6) is 0 Å². The van der Waals surface area contributed by atoms with Gasteiger partial charge in [0.2, 0.25) is 5.89 Å². The van der Waals surface area contributed by atoms with Crippen LogP contribution in [0.2, 0.25) is 5.15 Å². The predicted octanol–water partition coefficient (Wildman–Crippen LogP) is 4.31. The van der Waals surface area contributed by atoms with Crippen molar-refractivity contribution in [2.24, 2.45) is 4.99 Å². The van der Waals surface area contributed by atoms with E-state index in [2.05, 4.69) is 25.6 Å². The first-order valence-electron chi connectivity index (χ1n) is 8.87. The van der Waals surface area contributed by atoms with E-state index in [4.69, 9.17) is 16.0 Å². The number of hydrogen-bond donors (Lipinski definition) is 2. The fourth-order valence-corrected chi connectivity index (χ4v) is 2.60. The van der Waals surface area contributed by atoms with Gasteiger partial charge in [-0.25, -0.2) is 15.0 Å². The standard InChI is InChI=1S/C20H22ClN5O.HI/c1-2-22-20(23-11-10-15-8-9-18(21)24-12-15)26-14-19-25-13-17(27-19)16-6-4-3-5-7-16;/h3-9,12-13H,2,10-11,14H2,1H3,(H2,22,23,26);1H. The molecule has 8 heteroatoms. The molecular weight excluding hydrogens is 489 g/mol. The van der Waals surface area contributed by atoms with Gasteiger partial charge in [-0.2, -0.15) is 0 Å². The topological polar surface area (TPSA) is 75.3 Å². The van der Waals surface area contributed by atoms with E-state index in [1.54, 1.807) is 18.5 Å². The van der Waals surface area contributed by atoms with Gasteiger partial charge in [-0.1, -0.05) is 48.0 Å². The van der Waals surface area contributed by atoms with E-state index in [9.17, 15) is 0 Å². The van der Waals surface area contributed by atoms with Crippen molar-refractivity contribution in [1.29, 1.82) is 0 Å². The zero-order valence-electron chi connectivity index (χ0n) is 15.6. The molecular formula is C20H23ClIN5O. The van der Waals surface area contributed by atoms with E-state index in [1.165, 1.54) is 0 Å². The highest BCUT2D eigenvalue weighted by Gasteiger charge is 2.06. The molecule has 28 heavy (non-hydrogen) atoms. The lowest BCUT2D eigenvalue weighted by Crippen LogP contribution is -2.38. The van der Waals surface area contributed by atoms with Gasteiger partial charge in [-0.3, -0.25) is 0 Å². The summed E-state index contributed by atoms with van der Waals surface area (Å²) in [5.74, 6) is 2.04. The maximum absolute atomic E-state index is 5.81. The minimum atomic E-state index is 0. The van der Waals surface area contributed by atoms with Crippen molar-refractivity contribution in [3.8, 4) is 11.3 Å². The lowest BCUT2D eigenvalue weighted by atomic mass is 10.2. The van der Waals surface area contributed by atoms with Crippen LogP contribution >= 0.6 is 35.6 Å². The molecule has 0 fully saturated rings. The summed E-state index contributed by atoms with van der Waals surface area (Å²) in [6, 6.07) is 13.7. The van der Waals surface area contributed by atoms with Crippen molar-refractivity contribution < 1.29 is 4.42 Å². The summed E-state index contributed by atoms with van der Waals surface area (Å²) in [6.07, 6.45) is 4.34. The molecule has 0 amide bonds. The molecule has 0 unspecified atom stereocenters. The fourth-order valence-electron chi connectivity index (χ4n) is 2.49. The first-order valence-corrected chi connectivity index (χ1v) is 9.25. The molecule has 0 saturated heterocycles. The molecule has 2 heterocycles. The van der Waals surface area contributed by atoms with E-state index in [0.717, 1.165) is 42.4 Å². The van der Waals surface area contributed by atoms with Crippen molar-refractivity contribution in [2.75, 3.05) is 13.1 Å². The van der Waals surface area contributed by atoms with Crippen molar-refractivity contribution in [1.82, 2.24) is 20.6 Å². The summed E-state index contributed by atoms with van der Waals surface area (Å²) in [7, 11) is 0. The summed E-state index contributed by atoms with van der Waals surface area (Å²) in [6.45, 7) is 3.90. The number of aromatic nitrogens is 2. The molecule has 0 spiro atoms. The van der Waals surface area contributed by atoms with Crippen LogP contribution in [-0.2, 0) is 13.0 Å². The number of guanidine groups is 1. The molecule has 0 radical (unpaired) electrons. The number of halogens is 2. The number of rotatable bonds is 7. The number of nitrogens with one attached hydrogen (secondary N) is 2. The number of oxazole rings is 1. The molecule has 0 bridgehead atoms. The van der Waals surface area contributed by atoms with Crippen LogP contribution in [0.15, 0.2) is 64.3 Å². The molecule has 0 saturated carbocycles. The van der Waals surface area contributed by atoms with Gasteiger partial charge in [0.25, 0.3) is 0 Å². The summed E-state index contributed by atoms with van der Waals surface area (Å²) in [5.41, 5.74) is 2.12. The Labute approximate surface area is 186 Å². The Bertz CT molecular complexity index is 868. The van der Waals surface area contributed by atoms with Gasteiger partial charge in [0.1, 0.15) is 11.7 Å². The molecule has 0 atom stereocenters. The van der Waals surface area contributed by atoms with Crippen molar-refractivity contribution in [3.63, 3.8) is 0 Å². The summed E-state index contributed by atoms with van der Waals surface area (Å²) < 4.78 is 5.79. The van der Waals surface area contributed by atoms with Crippen LogP contribution in [-0.4, -0.2) is 29.0 Å². The van der Waals surface area contributed by atoms with Gasteiger partial charge < -0.3 is 15.1 Å². The molecule has 3 rings (SSSR count). The van der Waals surface area contributed by atoms with Gasteiger partial charge in [0.15, 0.2) is 11.7 Å². The second kappa shape index (κ2) is 11.7. The Hall–Kier alpha value is -2.13. The van der Waals surface area contributed by atoms with E-state index < -0.39 is 0 Å². The maximum atomic E-state index is 5.81. The molecule has 2 aromatic heterocycles. The summed E-state index contributed by atoms with van der Waals surface area (Å²) in [5, 5.41) is 7.02. The number of aliphatic imine (C=N–C) groups is 1. The van der Waals surface area contributed by atoms with E-state index in [-0.39, 0.29) is 24.0 Å². The molecule has 2 N–H and O–H groups in total. The fraction of sp³-hybridized carbons (Fsp3) is 0.250. The Balaban J connectivity index is 0.00000280. The van der Waals surface area contributed by atoms with Crippen molar-refractivity contribution >= 4 is 41.5 Å². The zero-order chi connectivity index (χ0) is 18.9. The first-order chi connectivity index (χ1) is 13.2. The first kappa shape index (κ1) is 22.2. The van der Waals surface area contributed by atoms with Gasteiger partial charge in [-0.15, -0.1) is 24.0 Å². The number of hydrogen-bond acceptors (Lipinski definition) is 4. The Morgan fingerprint density at radius 2 is 1.89 bits per heavy atom. The van der Waals surface area contributed by atoms with Crippen LogP contribution in [0.25, 0.3) is 11.3 Å². The highest BCUT2D eigenvalue weighted by molar-refractivity contribution is 14.0. The number of nitrogens with zero attached hydrogens (tertiary/aromatic N) is 3. The highest BCUT2D eigenvalue weighted by Crippen LogP contribution is 2.19. The minimum absolute atomic E-state index is 0. The minimum Gasteiger partial charge on any atom is -0.439 e. The third-order valence-electron chi connectivity index (χ3n) is 3.82. The highest BCUT2D eigenvalue weighted by atomic mass is 127. The van der Waals surface area contributed by atoms with Gasteiger partial charge in [0.05, 0.1) is 6.20 Å². The molecule has 3 aromatic rings. The Morgan fingerprint density at radius 1 is 1.07 bits per heavy atom. The summed E-state index contributed by atoms with van der Waals surface area (Å²) >= 11 is 5.81. The van der Waals surface area contributed by atoms with Crippen LogP contribution in [0.3, 0.4) is 0 Å². The molecule has 6 nitrogen and oxygen atoms in total. The van der Waals surface area contributed by atoms with Crippen LogP contribution in [0, 0.1) is 0 Å². The van der Waals surface area contributed by atoms with Gasteiger partial charge in [0, 0.05) is 24.8 Å². The molecule has 148 valence electrons. The van der Waals surface area contributed by atoms with Gasteiger partial charge >= 0.3 is 0 Å². The van der Waals surface area contributed by atoms with Crippen molar-refractivity contribution in [3.05, 3.63) is 71.5 Å². The lowest BCUT2D eigenvalue weighted by molar-refractivity contribution is 0.509. The predicted molar refractivity (Wildman–Crippen MR) is 123 cm³/mol. The quantitative estimate of drug-likeness (QED) is 0.214. The Morgan fingerprint density at radius 3 is 2.61 bits per heavy atom. The van der Waals surface area contributed by atoms with Crippen LogP contribution in [0.4, 0.5) is 0 Å².